The van der Waals surface area contributed by atoms with E-state index in [-0.39, 0.29) is 5.91 Å². The first-order valence-electron chi connectivity index (χ1n) is 10.5. The second-order valence-electron chi connectivity index (χ2n) is 8.34. The third-order valence-corrected chi connectivity index (χ3v) is 7.20. The highest BCUT2D eigenvalue weighted by atomic mass is 35.5. The van der Waals surface area contributed by atoms with Crippen LogP contribution in [-0.4, -0.2) is 52.9 Å². The number of nitrogens with zero attached hydrogens (tertiary/aromatic N) is 2. The van der Waals surface area contributed by atoms with Gasteiger partial charge in [0, 0.05) is 31.0 Å². The van der Waals surface area contributed by atoms with Gasteiger partial charge in [-0.15, -0.1) is 0 Å². The summed E-state index contributed by atoms with van der Waals surface area (Å²) in [6.45, 7) is 2.73. The van der Waals surface area contributed by atoms with Gasteiger partial charge in [-0.1, -0.05) is 35.3 Å². The molecule has 1 amide bonds. The van der Waals surface area contributed by atoms with Gasteiger partial charge < -0.3 is 19.7 Å². The highest BCUT2D eigenvalue weighted by Crippen LogP contribution is 2.35. The highest BCUT2D eigenvalue weighted by Gasteiger charge is 2.42. The van der Waals surface area contributed by atoms with Crippen molar-refractivity contribution >= 4 is 46.0 Å². The predicted octanol–water partition coefficient (Wildman–Crippen LogP) is 3.94. The van der Waals surface area contributed by atoms with Gasteiger partial charge in [-0.25, -0.2) is 4.79 Å². The van der Waals surface area contributed by atoms with Crippen LogP contribution in [0.5, 0.6) is 0 Å². The van der Waals surface area contributed by atoms with Crippen LogP contribution in [0.4, 0.5) is 0 Å². The van der Waals surface area contributed by atoms with Crippen molar-refractivity contribution in [3.8, 4) is 0 Å². The predicted molar refractivity (Wildman–Crippen MR) is 128 cm³/mol. The maximum Gasteiger partial charge on any atom is 0.337 e. The van der Waals surface area contributed by atoms with Gasteiger partial charge in [0.05, 0.1) is 28.3 Å². The molecule has 2 N–H and O–H groups in total. The van der Waals surface area contributed by atoms with E-state index in [4.69, 9.17) is 27.9 Å². The Morgan fingerprint density at radius 2 is 1.88 bits per heavy atom. The fourth-order valence-electron chi connectivity index (χ4n) is 4.46. The van der Waals surface area contributed by atoms with E-state index in [1.165, 1.54) is 7.11 Å². The monoisotopic (exact) mass is 489 g/mol. The van der Waals surface area contributed by atoms with E-state index in [9.17, 15) is 14.7 Å². The molecule has 9 heteroatoms. The van der Waals surface area contributed by atoms with Crippen LogP contribution in [0.3, 0.4) is 0 Å². The first-order chi connectivity index (χ1) is 15.7. The van der Waals surface area contributed by atoms with Crippen LogP contribution in [-0.2, 0) is 17.3 Å². The topological polar surface area (TPSA) is 83.8 Å². The van der Waals surface area contributed by atoms with Crippen molar-refractivity contribution in [1.29, 1.82) is 0 Å². The van der Waals surface area contributed by atoms with Gasteiger partial charge in [-0.05, 0) is 49.2 Å². The largest absolute Gasteiger partial charge is 0.465 e. The van der Waals surface area contributed by atoms with Gasteiger partial charge in [-0.3, -0.25) is 9.69 Å². The molecule has 0 saturated carbocycles. The molecule has 2 atom stereocenters. The van der Waals surface area contributed by atoms with E-state index in [0.29, 0.717) is 46.2 Å². The number of esters is 1. The molecule has 4 rings (SSSR count). The van der Waals surface area contributed by atoms with E-state index in [2.05, 4.69) is 5.32 Å². The van der Waals surface area contributed by atoms with Crippen LogP contribution >= 0.6 is 23.2 Å². The Labute approximate surface area is 201 Å². The van der Waals surface area contributed by atoms with Gasteiger partial charge in [-0.2, -0.15) is 0 Å². The average molecular weight is 490 g/mol. The number of carbonyl (C=O) groups is 2. The molecular formula is C24H25Cl2N3O4. The van der Waals surface area contributed by atoms with E-state index >= 15 is 0 Å². The van der Waals surface area contributed by atoms with E-state index < -0.39 is 17.7 Å². The smallest absolute Gasteiger partial charge is 0.337 e. The summed E-state index contributed by atoms with van der Waals surface area (Å²) < 4.78 is 6.56. The number of methoxy groups -OCH3 is 1. The number of amides is 1. The minimum Gasteiger partial charge on any atom is -0.465 e. The van der Waals surface area contributed by atoms with E-state index in [0.717, 1.165) is 11.1 Å². The van der Waals surface area contributed by atoms with E-state index in [1.807, 2.05) is 23.1 Å². The molecule has 0 aliphatic carbocycles. The lowest BCUT2D eigenvalue weighted by Crippen LogP contribution is -2.49. The van der Waals surface area contributed by atoms with Crippen molar-refractivity contribution in [3.05, 3.63) is 69.3 Å². The van der Waals surface area contributed by atoms with Crippen molar-refractivity contribution < 1.29 is 19.4 Å². The number of carbonyl (C=O) groups excluding carboxylic acids is 2. The molecular weight excluding hydrogens is 465 g/mol. The number of aliphatic hydroxyl groups is 1. The Balaban J connectivity index is 1.71. The lowest BCUT2D eigenvalue weighted by molar-refractivity contribution is 0.0303. The summed E-state index contributed by atoms with van der Waals surface area (Å²) in [6.07, 6.45) is -0.0609. The van der Waals surface area contributed by atoms with Crippen LogP contribution in [0.25, 0.3) is 10.9 Å². The third-order valence-electron chi connectivity index (χ3n) is 6.38. The van der Waals surface area contributed by atoms with Crippen molar-refractivity contribution in [3.63, 3.8) is 0 Å². The zero-order valence-electron chi connectivity index (χ0n) is 18.6. The van der Waals surface area contributed by atoms with E-state index in [1.54, 1.807) is 42.8 Å². The third kappa shape index (κ3) is 4.22. The molecule has 0 radical (unpaired) electrons. The summed E-state index contributed by atoms with van der Waals surface area (Å²) in [5, 5.41) is 14.9. The first-order valence-corrected chi connectivity index (χ1v) is 11.3. The first kappa shape index (κ1) is 23.6. The summed E-state index contributed by atoms with van der Waals surface area (Å²) in [5.41, 5.74) is 1.75. The minimum absolute atomic E-state index is 0.273. The molecule has 1 aromatic heterocycles. The van der Waals surface area contributed by atoms with Crippen molar-refractivity contribution in [1.82, 2.24) is 14.8 Å². The number of likely N-dealkylation sites (tertiary alicyclic amines) is 1. The van der Waals surface area contributed by atoms with Crippen LogP contribution < -0.4 is 5.32 Å². The Kier molecular flexibility index (Phi) is 6.42. The maximum absolute atomic E-state index is 13.5. The fourth-order valence-corrected chi connectivity index (χ4v) is 4.84. The van der Waals surface area contributed by atoms with Crippen LogP contribution in [0.2, 0.25) is 10.0 Å². The molecule has 2 unspecified atom stereocenters. The number of aryl methyl sites for hydroxylation is 1. The van der Waals surface area contributed by atoms with Crippen LogP contribution in [0, 0.1) is 0 Å². The highest BCUT2D eigenvalue weighted by molar-refractivity contribution is 6.45. The summed E-state index contributed by atoms with van der Waals surface area (Å²) >= 11 is 12.5. The Morgan fingerprint density at radius 3 is 2.48 bits per heavy atom. The van der Waals surface area contributed by atoms with Crippen LogP contribution in [0.1, 0.15) is 39.8 Å². The zero-order chi connectivity index (χ0) is 23.9. The molecule has 174 valence electrons. The molecule has 1 aliphatic heterocycles. The summed E-state index contributed by atoms with van der Waals surface area (Å²) in [4.78, 5) is 27.2. The molecule has 0 bridgehead atoms. The number of aromatic nitrogens is 1. The number of halogens is 2. The number of rotatable bonds is 5. The van der Waals surface area contributed by atoms with Gasteiger partial charge in [0.1, 0.15) is 11.9 Å². The van der Waals surface area contributed by atoms with Gasteiger partial charge in [0.2, 0.25) is 0 Å². The van der Waals surface area contributed by atoms with Gasteiger partial charge in [0.15, 0.2) is 0 Å². The maximum atomic E-state index is 13.5. The quantitative estimate of drug-likeness (QED) is 0.530. The SMILES string of the molecule is COC(=O)c1ccc(C2(NC(=O)c3cc4c(Cl)c(Cl)ccc4n3C)CCN(C(C)O)C2)cc1. The molecule has 2 heterocycles. The lowest BCUT2D eigenvalue weighted by atomic mass is 9.88. The molecule has 1 fully saturated rings. The second kappa shape index (κ2) is 8.99. The molecule has 7 nitrogen and oxygen atoms in total. The normalized spacial score (nSPS) is 19.6. The fraction of sp³-hybridized carbons (Fsp3) is 0.333. The lowest BCUT2D eigenvalue weighted by Gasteiger charge is -2.32. The number of nitrogens with one attached hydrogen (secondary N) is 1. The number of aliphatic hydroxyl groups excluding tert-OH is 1. The average Bonchev–Trinajstić information content (AvgIpc) is 3.39. The van der Waals surface area contributed by atoms with Crippen molar-refractivity contribution in [2.45, 2.75) is 25.1 Å². The number of fused-ring (bicyclic) bond motifs is 1. The van der Waals surface area contributed by atoms with Gasteiger partial charge in [0.25, 0.3) is 5.91 Å². The van der Waals surface area contributed by atoms with Gasteiger partial charge >= 0.3 is 5.97 Å². The molecule has 1 aliphatic rings. The Bertz CT molecular complexity index is 1220. The molecule has 1 saturated heterocycles. The van der Waals surface area contributed by atoms with Crippen molar-refractivity contribution in [2.75, 3.05) is 20.2 Å². The van der Waals surface area contributed by atoms with Crippen molar-refractivity contribution in [2.24, 2.45) is 7.05 Å². The minimum atomic E-state index is -0.749. The zero-order valence-corrected chi connectivity index (χ0v) is 20.1. The Hall–Kier alpha value is -2.58. The standard InChI is InChI=1S/C24H25Cl2N3O4/c1-14(30)29-11-10-24(13-29,16-6-4-15(5-7-16)23(32)33-3)27-22(31)20-12-17-19(28(20)2)9-8-18(25)21(17)26/h4-9,12,14,30H,10-11,13H2,1-3H3,(H,27,31). The number of ether oxygens (including phenoxy) is 1. The number of hydrogen-bond donors (Lipinski definition) is 2. The summed E-state index contributed by atoms with van der Waals surface area (Å²) in [6, 6.07) is 12.3. The molecule has 3 aromatic rings. The Morgan fingerprint density at radius 1 is 1.18 bits per heavy atom. The molecule has 2 aromatic carbocycles. The molecule has 33 heavy (non-hydrogen) atoms. The number of hydrogen-bond acceptors (Lipinski definition) is 5. The second-order valence-corrected chi connectivity index (χ2v) is 9.13. The van der Waals surface area contributed by atoms with Crippen LogP contribution in [0.15, 0.2) is 42.5 Å². The molecule has 0 spiro atoms. The number of benzene rings is 2. The summed E-state index contributed by atoms with van der Waals surface area (Å²) in [5.74, 6) is -0.701. The summed E-state index contributed by atoms with van der Waals surface area (Å²) in [7, 11) is 3.13.